The van der Waals surface area contributed by atoms with Gasteiger partial charge in [0.2, 0.25) is 5.91 Å². The van der Waals surface area contributed by atoms with Gasteiger partial charge in [0.15, 0.2) is 0 Å². The van der Waals surface area contributed by atoms with Crippen molar-refractivity contribution in [3.63, 3.8) is 0 Å². The molecule has 1 amide bonds. The van der Waals surface area contributed by atoms with E-state index in [0.29, 0.717) is 11.2 Å². The predicted molar refractivity (Wildman–Crippen MR) is 112 cm³/mol. The monoisotopic (exact) mass is 383 g/mol. The van der Waals surface area contributed by atoms with Crippen molar-refractivity contribution in [2.45, 2.75) is 53.5 Å². The molecule has 0 aliphatic carbocycles. The summed E-state index contributed by atoms with van der Waals surface area (Å²) in [5, 5.41) is 3.49. The van der Waals surface area contributed by atoms with Crippen LogP contribution in [0.25, 0.3) is 10.2 Å². The molecule has 0 fully saturated rings. The summed E-state index contributed by atoms with van der Waals surface area (Å²) in [6.07, 6.45) is 3.36. The SMILES string of the molecule is CCCCc1ccc(NC(=O)Cn2c(C)nc3sc(C)c(C)c3c2=O)cc1. The van der Waals surface area contributed by atoms with E-state index in [1.165, 1.54) is 21.5 Å². The van der Waals surface area contributed by atoms with Crippen LogP contribution in [0.5, 0.6) is 0 Å². The van der Waals surface area contributed by atoms with E-state index in [4.69, 9.17) is 0 Å². The minimum absolute atomic E-state index is 0.0421. The summed E-state index contributed by atoms with van der Waals surface area (Å²) in [5.74, 6) is 0.325. The number of anilines is 1. The lowest BCUT2D eigenvalue weighted by atomic mass is 10.1. The van der Waals surface area contributed by atoms with E-state index in [0.717, 1.165) is 40.2 Å². The molecule has 3 aromatic rings. The minimum atomic E-state index is -0.229. The number of amides is 1. The molecule has 0 bridgehead atoms. The second-order valence-electron chi connectivity index (χ2n) is 6.86. The zero-order valence-electron chi connectivity index (χ0n) is 16.3. The van der Waals surface area contributed by atoms with Crippen molar-refractivity contribution in [2.75, 3.05) is 5.32 Å². The Labute approximate surface area is 163 Å². The smallest absolute Gasteiger partial charge is 0.263 e. The summed E-state index contributed by atoms with van der Waals surface area (Å²) in [6, 6.07) is 7.89. The molecule has 27 heavy (non-hydrogen) atoms. The maximum atomic E-state index is 12.9. The van der Waals surface area contributed by atoms with Gasteiger partial charge >= 0.3 is 0 Å². The lowest BCUT2D eigenvalue weighted by Gasteiger charge is -2.11. The molecule has 3 rings (SSSR count). The van der Waals surface area contributed by atoms with Gasteiger partial charge in [0.05, 0.1) is 5.39 Å². The summed E-state index contributed by atoms with van der Waals surface area (Å²) in [6.45, 7) is 7.80. The van der Waals surface area contributed by atoms with E-state index < -0.39 is 0 Å². The molecule has 0 unspecified atom stereocenters. The minimum Gasteiger partial charge on any atom is -0.325 e. The summed E-state index contributed by atoms with van der Waals surface area (Å²) in [7, 11) is 0. The number of nitrogens with one attached hydrogen (secondary N) is 1. The number of rotatable bonds is 6. The third-order valence-electron chi connectivity index (χ3n) is 4.84. The zero-order valence-corrected chi connectivity index (χ0v) is 17.1. The number of hydrogen-bond donors (Lipinski definition) is 1. The van der Waals surface area contributed by atoms with Gasteiger partial charge in [-0.2, -0.15) is 0 Å². The largest absolute Gasteiger partial charge is 0.325 e. The van der Waals surface area contributed by atoms with Gasteiger partial charge in [0.1, 0.15) is 17.2 Å². The maximum Gasteiger partial charge on any atom is 0.263 e. The molecule has 0 atom stereocenters. The highest BCUT2D eigenvalue weighted by molar-refractivity contribution is 7.18. The molecular weight excluding hydrogens is 358 g/mol. The number of benzene rings is 1. The number of carbonyl (C=O) groups is 1. The van der Waals surface area contributed by atoms with Crippen molar-refractivity contribution in [2.24, 2.45) is 0 Å². The normalized spacial score (nSPS) is 11.1. The van der Waals surface area contributed by atoms with Crippen molar-refractivity contribution in [1.29, 1.82) is 0 Å². The number of hydrogen-bond acceptors (Lipinski definition) is 4. The fourth-order valence-electron chi connectivity index (χ4n) is 3.09. The molecule has 5 nitrogen and oxygen atoms in total. The number of thiophene rings is 1. The third-order valence-corrected chi connectivity index (χ3v) is 5.94. The first-order chi connectivity index (χ1) is 12.9. The highest BCUT2D eigenvalue weighted by Gasteiger charge is 2.16. The number of carbonyl (C=O) groups excluding carboxylic acids is 1. The zero-order chi connectivity index (χ0) is 19.6. The van der Waals surface area contributed by atoms with Crippen LogP contribution in [0.2, 0.25) is 0 Å². The molecule has 0 spiro atoms. The second-order valence-corrected chi connectivity index (χ2v) is 8.07. The van der Waals surface area contributed by atoms with Gasteiger partial charge in [0.25, 0.3) is 5.56 Å². The second kappa shape index (κ2) is 8.05. The van der Waals surface area contributed by atoms with Gasteiger partial charge in [-0.1, -0.05) is 25.5 Å². The molecule has 1 N–H and O–H groups in total. The first-order valence-corrected chi connectivity index (χ1v) is 10.1. The summed E-state index contributed by atoms with van der Waals surface area (Å²) < 4.78 is 1.45. The number of fused-ring (bicyclic) bond motifs is 1. The van der Waals surface area contributed by atoms with Gasteiger partial charge in [0, 0.05) is 10.6 Å². The van der Waals surface area contributed by atoms with Crippen LogP contribution in [0.3, 0.4) is 0 Å². The standard InChI is InChI=1S/C21H25N3O2S/c1-5-6-7-16-8-10-17(11-9-16)23-18(25)12-24-15(4)22-20-19(21(24)26)13(2)14(3)27-20/h8-11H,5-7,12H2,1-4H3,(H,23,25). The fraction of sp³-hybridized carbons (Fsp3) is 0.381. The highest BCUT2D eigenvalue weighted by Crippen LogP contribution is 2.26. The highest BCUT2D eigenvalue weighted by atomic mass is 32.1. The van der Waals surface area contributed by atoms with Gasteiger partial charge < -0.3 is 5.32 Å². The van der Waals surface area contributed by atoms with Crippen molar-refractivity contribution < 1.29 is 4.79 Å². The summed E-state index contributed by atoms with van der Waals surface area (Å²) in [4.78, 5) is 31.7. The van der Waals surface area contributed by atoms with Crippen LogP contribution < -0.4 is 10.9 Å². The molecule has 1 aromatic carbocycles. The fourth-order valence-corrected chi connectivity index (χ4v) is 4.16. The average Bonchev–Trinajstić information content (AvgIpc) is 2.92. The summed E-state index contributed by atoms with van der Waals surface area (Å²) >= 11 is 1.52. The molecule has 0 aliphatic rings. The van der Waals surface area contributed by atoms with Crippen molar-refractivity contribution in [3.8, 4) is 0 Å². The number of aryl methyl sites for hydroxylation is 4. The van der Waals surface area contributed by atoms with Crippen LogP contribution >= 0.6 is 11.3 Å². The van der Waals surface area contributed by atoms with Crippen LogP contribution in [0.1, 0.15) is 41.6 Å². The Morgan fingerprint density at radius 1 is 1.19 bits per heavy atom. The topological polar surface area (TPSA) is 64.0 Å². The quantitative estimate of drug-likeness (QED) is 0.688. The van der Waals surface area contributed by atoms with Crippen LogP contribution in [-0.4, -0.2) is 15.5 Å². The Hall–Kier alpha value is -2.47. The van der Waals surface area contributed by atoms with Crippen molar-refractivity contribution in [1.82, 2.24) is 9.55 Å². The molecule has 0 aliphatic heterocycles. The van der Waals surface area contributed by atoms with Crippen LogP contribution in [0.4, 0.5) is 5.69 Å². The Kier molecular flexibility index (Phi) is 5.75. The van der Waals surface area contributed by atoms with Crippen molar-refractivity contribution in [3.05, 3.63) is 56.4 Å². The van der Waals surface area contributed by atoms with E-state index in [2.05, 4.69) is 17.2 Å². The molecular formula is C21H25N3O2S. The van der Waals surface area contributed by atoms with Gasteiger partial charge in [-0.3, -0.25) is 14.2 Å². The number of unbranched alkanes of at least 4 members (excludes halogenated alkanes) is 1. The lowest BCUT2D eigenvalue weighted by Crippen LogP contribution is -2.30. The Balaban J connectivity index is 1.78. The number of aromatic nitrogens is 2. The lowest BCUT2D eigenvalue weighted by molar-refractivity contribution is -0.116. The Morgan fingerprint density at radius 3 is 2.56 bits per heavy atom. The van der Waals surface area contributed by atoms with Crippen LogP contribution in [0.15, 0.2) is 29.1 Å². The van der Waals surface area contributed by atoms with E-state index in [9.17, 15) is 9.59 Å². The van der Waals surface area contributed by atoms with Gasteiger partial charge in [-0.05, 0) is 56.9 Å². The van der Waals surface area contributed by atoms with Gasteiger partial charge in [-0.15, -0.1) is 11.3 Å². The average molecular weight is 384 g/mol. The molecule has 0 saturated carbocycles. The third kappa shape index (κ3) is 4.11. The first kappa shape index (κ1) is 19.3. The first-order valence-electron chi connectivity index (χ1n) is 9.26. The predicted octanol–water partition coefficient (Wildman–Crippen LogP) is 4.36. The molecule has 2 heterocycles. The molecule has 0 radical (unpaired) electrons. The molecule has 2 aromatic heterocycles. The van der Waals surface area contributed by atoms with E-state index in [-0.39, 0.29) is 18.0 Å². The van der Waals surface area contributed by atoms with Gasteiger partial charge in [-0.25, -0.2) is 4.98 Å². The molecule has 142 valence electrons. The van der Waals surface area contributed by atoms with Crippen molar-refractivity contribution >= 4 is 33.1 Å². The molecule has 6 heteroatoms. The van der Waals surface area contributed by atoms with Crippen LogP contribution in [-0.2, 0) is 17.8 Å². The Morgan fingerprint density at radius 2 is 1.89 bits per heavy atom. The summed E-state index contributed by atoms with van der Waals surface area (Å²) in [5.41, 5.74) is 2.80. The van der Waals surface area contributed by atoms with E-state index >= 15 is 0 Å². The molecule has 0 saturated heterocycles. The van der Waals surface area contributed by atoms with Crippen LogP contribution in [0, 0.1) is 20.8 Å². The van der Waals surface area contributed by atoms with E-state index in [1.54, 1.807) is 6.92 Å². The van der Waals surface area contributed by atoms with E-state index in [1.807, 2.05) is 38.1 Å². The number of nitrogens with zero attached hydrogens (tertiary/aromatic N) is 2. The Bertz CT molecular complexity index is 1030. The maximum absolute atomic E-state index is 12.9.